The van der Waals surface area contributed by atoms with Gasteiger partial charge in [-0.2, -0.15) is 4.98 Å². The maximum absolute atomic E-state index is 12.4. The van der Waals surface area contributed by atoms with Gasteiger partial charge in [-0.1, -0.05) is 5.16 Å². The van der Waals surface area contributed by atoms with E-state index in [-0.39, 0.29) is 11.3 Å². The minimum absolute atomic E-state index is 0.00313. The molecule has 1 amide bonds. The van der Waals surface area contributed by atoms with Crippen LogP contribution in [0, 0.1) is 6.92 Å². The van der Waals surface area contributed by atoms with Gasteiger partial charge in [-0.05, 0) is 25.3 Å². The van der Waals surface area contributed by atoms with Gasteiger partial charge in [0, 0.05) is 39.1 Å². The highest BCUT2D eigenvalue weighted by atomic mass is 16.5. The van der Waals surface area contributed by atoms with Crippen LogP contribution in [0.4, 0.5) is 0 Å². The molecular formula is C16H21N3O4. The van der Waals surface area contributed by atoms with Gasteiger partial charge in [0.2, 0.25) is 5.89 Å². The molecule has 1 aliphatic heterocycles. The summed E-state index contributed by atoms with van der Waals surface area (Å²) in [5, 5.41) is 4.12. The third kappa shape index (κ3) is 3.14. The maximum atomic E-state index is 12.4. The number of furan rings is 1. The SMILES string of the molecule is COCCC1(c2noc(C)n2)CCN(C(=O)c2ccoc2)CC1. The van der Waals surface area contributed by atoms with Crippen LogP contribution >= 0.6 is 0 Å². The van der Waals surface area contributed by atoms with Crippen LogP contribution in [0.25, 0.3) is 0 Å². The second-order valence-electron chi connectivity index (χ2n) is 5.96. The summed E-state index contributed by atoms with van der Waals surface area (Å²) < 4.78 is 15.4. The van der Waals surface area contributed by atoms with Gasteiger partial charge >= 0.3 is 0 Å². The van der Waals surface area contributed by atoms with Crippen molar-refractivity contribution in [2.75, 3.05) is 26.8 Å². The van der Waals surface area contributed by atoms with Gasteiger partial charge in [0.05, 0.1) is 11.8 Å². The van der Waals surface area contributed by atoms with Crippen molar-refractivity contribution >= 4 is 5.91 Å². The Hall–Kier alpha value is -2.15. The number of carbonyl (C=O) groups excluding carboxylic acids is 1. The van der Waals surface area contributed by atoms with Crippen LogP contribution < -0.4 is 0 Å². The number of nitrogens with zero attached hydrogens (tertiary/aromatic N) is 3. The summed E-state index contributed by atoms with van der Waals surface area (Å²) in [7, 11) is 1.69. The second kappa shape index (κ2) is 6.54. The minimum Gasteiger partial charge on any atom is -0.472 e. The Kier molecular flexibility index (Phi) is 4.47. The monoisotopic (exact) mass is 319 g/mol. The number of methoxy groups -OCH3 is 1. The van der Waals surface area contributed by atoms with Crippen molar-refractivity contribution in [2.45, 2.75) is 31.6 Å². The van der Waals surface area contributed by atoms with Crippen LogP contribution in [-0.2, 0) is 10.2 Å². The topological polar surface area (TPSA) is 81.6 Å². The zero-order valence-electron chi connectivity index (χ0n) is 13.4. The lowest BCUT2D eigenvalue weighted by molar-refractivity contribution is 0.0615. The Morgan fingerprint density at radius 3 is 2.78 bits per heavy atom. The molecule has 3 heterocycles. The molecule has 0 bridgehead atoms. The first-order valence-electron chi connectivity index (χ1n) is 7.76. The van der Waals surface area contributed by atoms with E-state index >= 15 is 0 Å². The number of aromatic nitrogens is 2. The van der Waals surface area contributed by atoms with Crippen molar-refractivity contribution in [2.24, 2.45) is 0 Å². The average Bonchev–Trinajstić information content (AvgIpc) is 3.24. The van der Waals surface area contributed by atoms with Crippen LogP contribution in [0.1, 0.15) is 41.3 Å². The third-order valence-electron chi connectivity index (χ3n) is 4.56. The molecule has 0 unspecified atom stereocenters. The molecule has 3 rings (SSSR count). The number of piperidine rings is 1. The number of amides is 1. The molecule has 2 aromatic rings. The van der Waals surface area contributed by atoms with Gasteiger partial charge in [0.25, 0.3) is 5.91 Å². The van der Waals surface area contributed by atoms with Gasteiger partial charge in [-0.15, -0.1) is 0 Å². The molecule has 23 heavy (non-hydrogen) atoms. The van der Waals surface area contributed by atoms with Crippen LogP contribution in [0.15, 0.2) is 27.5 Å². The summed E-state index contributed by atoms with van der Waals surface area (Å²) in [6.07, 6.45) is 5.40. The smallest absolute Gasteiger partial charge is 0.257 e. The molecule has 0 spiro atoms. The number of ether oxygens (including phenoxy) is 1. The van der Waals surface area contributed by atoms with Crippen LogP contribution in [0.5, 0.6) is 0 Å². The largest absolute Gasteiger partial charge is 0.472 e. The average molecular weight is 319 g/mol. The zero-order valence-corrected chi connectivity index (χ0v) is 13.4. The second-order valence-corrected chi connectivity index (χ2v) is 5.96. The number of likely N-dealkylation sites (tertiary alicyclic amines) is 1. The molecular weight excluding hydrogens is 298 g/mol. The molecule has 0 N–H and O–H groups in total. The summed E-state index contributed by atoms with van der Waals surface area (Å²) >= 11 is 0. The minimum atomic E-state index is -0.194. The molecule has 0 saturated carbocycles. The lowest BCUT2D eigenvalue weighted by Gasteiger charge is -2.39. The van der Waals surface area contributed by atoms with E-state index in [0.717, 1.165) is 25.1 Å². The predicted molar refractivity (Wildman–Crippen MR) is 81.1 cm³/mol. The molecule has 0 aliphatic carbocycles. The highest BCUT2D eigenvalue weighted by Crippen LogP contribution is 2.37. The van der Waals surface area contributed by atoms with E-state index in [1.54, 1.807) is 20.1 Å². The van der Waals surface area contributed by atoms with Crippen molar-refractivity contribution in [3.63, 3.8) is 0 Å². The van der Waals surface area contributed by atoms with Gasteiger partial charge in [0.15, 0.2) is 5.82 Å². The number of hydrogen-bond acceptors (Lipinski definition) is 6. The van der Waals surface area contributed by atoms with Gasteiger partial charge in [-0.25, -0.2) is 0 Å². The van der Waals surface area contributed by atoms with Crippen LogP contribution in [0.2, 0.25) is 0 Å². The van der Waals surface area contributed by atoms with Crippen LogP contribution in [0.3, 0.4) is 0 Å². The normalized spacial score (nSPS) is 17.4. The first-order chi connectivity index (χ1) is 11.1. The molecule has 0 atom stereocenters. The highest BCUT2D eigenvalue weighted by Gasteiger charge is 2.41. The Bertz CT molecular complexity index is 642. The molecule has 0 radical (unpaired) electrons. The molecule has 1 aliphatic rings. The molecule has 1 saturated heterocycles. The fourth-order valence-electron chi connectivity index (χ4n) is 3.10. The summed E-state index contributed by atoms with van der Waals surface area (Å²) in [5.74, 6) is 1.29. The fraction of sp³-hybridized carbons (Fsp3) is 0.562. The Morgan fingerprint density at radius 2 is 2.22 bits per heavy atom. The lowest BCUT2D eigenvalue weighted by Crippen LogP contribution is -2.46. The van der Waals surface area contributed by atoms with Gasteiger partial charge in [-0.3, -0.25) is 4.79 Å². The van der Waals surface area contributed by atoms with Crippen molar-refractivity contribution in [1.29, 1.82) is 0 Å². The zero-order chi connectivity index (χ0) is 16.3. The summed E-state index contributed by atoms with van der Waals surface area (Å²) in [4.78, 5) is 18.7. The van der Waals surface area contributed by atoms with E-state index in [0.29, 0.717) is 31.2 Å². The molecule has 2 aromatic heterocycles. The first kappa shape index (κ1) is 15.7. The summed E-state index contributed by atoms with van der Waals surface area (Å²) in [5.41, 5.74) is 0.394. The number of rotatable bonds is 5. The van der Waals surface area contributed by atoms with Gasteiger partial charge in [0.1, 0.15) is 6.26 Å². The van der Waals surface area contributed by atoms with E-state index in [9.17, 15) is 4.79 Å². The van der Waals surface area contributed by atoms with E-state index in [4.69, 9.17) is 13.7 Å². The third-order valence-corrected chi connectivity index (χ3v) is 4.56. The molecule has 0 aromatic carbocycles. The Labute approximate surface area is 134 Å². The van der Waals surface area contributed by atoms with E-state index in [1.807, 2.05) is 4.90 Å². The van der Waals surface area contributed by atoms with Crippen molar-refractivity contribution in [3.8, 4) is 0 Å². The molecule has 1 fully saturated rings. The van der Waals surface area contributed by atoms with Crippen molar-refractivity contribution < 1.29 is 18.5 Å². The Morgan fingerprint density at radius 1 is 1.43 bits per heavy atom. The lowest BCUT2D eigenvalue weighted by atomic mass is 9.75. The number of carbonyl (C=O) groups is 1. The van der Waals surface area contributed by atoms with Crippen molar-refractivity contribution in [3.05, 3.63) is 35.9 Å². The quantitative estimate of drug-likeness (QED) is 0.840. The standard InChI is InChI=1S/C16H21N3O4/c1-12-17-15(18-23-12)16(6-10-21-2)4-7-19(8-5-16)14(20)13-3-9-22-11-13/h3,9,11H,4-8,10H2,1-2H3. The molecule has 124 valence electrons. The predicted octanol–water partition coefficient (Wildman–Crippen LogP) is 2.18. The number of hydrogen-bond donors (Lipinski definition) is 0. The van der Waals surface area contributed by atoms with E-state index < -0.39 is 0 Å². The molecule has 7 heteroatoms. The highest BCUT2D eigenvalue weighted by molar-refractivity contribution is 5.93. The fourth-order valence-corrected chi connectivity index (χ4v) is 3.10. The molecule has 7 nitrogen and oxygen atoms in total. The van der Waals surface area contributed by atoms with Crippen molar-refractivity contribution in [1.82, 2.24) is 15.0 Å². The van der Waals surface area contributed by atoms with Gasteiger partial charge < -0.3 is 18.6 Å². The maximum Gasteiger partial charge on any atom is 0.257 e. The first-order valence-corrected chi connectivity index (χ1v) is 7.76. The summed E-state index contributed by atoms with van der Waals surface area (Å²) in [6, 6.07) is 1.69. The summed E-state index contributed by atoms with van der Waals surface area (Å²) in [6.45, 7) is 3.73. The van der Waals surface area contributed by atoms with E-state index in [1.165, 1.54) is 12.5 Å². The van der Waals surface area contributed by atoms with E-state index in [2.05, 4.69) is 10.1 Å². The Balaban J connectivity index is 1.73. The van der Waals surface area contributed by atoms with Crippen LogP contribution in [-0.4, -0.2) is 47.8 Å². The number of aryl methyl sites for hydroxylation is 1.